The molecule has 0 saturated heterocycles. The van der Waals surface area contributed by atoms with Gasteiger partial charge >= 0.3 is 0 Å². The van der Waals surface area contributed by atoms with E-state index in [1.165, 1.54) is 11.6 Å². The minimum absolute atomic E-state index is 0.0597. The van der Waals surface area contributed by atoms with Gasteiger partial charge in [-0.25, -0.2) is 14.4 Å². The van der Waals surface area contributed by atoms with Gasteiger partial charge in [-0.2, -0.15) is 0 Å². The van der Waals surface area contributed by atoms with Crippen molar-refractivity contribution in [2.45, 2.75) is 26.2 Å². The van der Waals surface area contributed by atoms with Gasteiger partial charge in [0.05, 0.1) is 10.5 Å². The molecule has 0 aliphatic carbocycles. The van der Waals surface area contributed by atoms with Crippen molar-refractivity contribution in [3.05, 3.63) is 77.3 Å². The number of rotatable bonds is 6. The van der Waals surface area contributed by atoms with Gasteiger partial charge in [0, 0.05) is 29.0 Å². The van der Waals surface area contributed by atoms with E-state index in [0.717, 1.165) is 35.7 Å². The van der Waals surface area contributed by atoms with Gasteiger partial charge in [-0.05, 0) is 60.9 Å². The molecular weight excluding hydrogens is 387 g/mol. The molecule has 146 valence electrons. The highest BCUT2D eigenvalue weighted by Crippen LogP contribution is 2.29. The fourth-order valence-electron chi connectivity index (χ4n) is 3.14. The molecule has 4 aromatic rings. The summed E-state index contributed by atoms with van der Waals surface area (Å²) in [6, 6.07) is 14.5. The van der Waals surface area contributed by atoms with E-state index in [2.05, 4.69) is 29.4 Å². The van der Waals surface area contributed by atoms with Gasteiger partial charge in [0.2, 0.25) is 0 Å². The van der Waals surface area contributed by atoms with Crippen molar-refractivity contribution in [1.82, 2.24) is 15.0 Å². The Morgan fingerprint density at radius 2 is 1.97 bits per heavy atom. The molecule has 1 N–H and O–H groups in total. The van der Waals surface area contributed by atoms with E-state index in [9.17, 15) is 4.39 Å². The summed E-state index contributed by atoms with van der Waals surface area (Å²) in [5, 5.41) is 4.25. The lowest BCUT2D eigenvalue weighted by Crippen LogP contribution is -2.00. The van der Waals surface area contributed by atoms with Crippen LogP contribution in [0.5, 0.6) is 0 Å². The number of hydrogen-bond donors (Lipinski definition) is 1. The molecule has 0 aliphatic rings. The van der Waals surface area contributed by atoms with Crippen molar-refractivity contribution in [1.29, 1.82) is 0 Å². The second-order valence-corrected chi connectivity index (χ2v) is 7.25. The maximum atomic E-state index is 13.6. The Labute approximate surface area is 173 Å². The van der Waals surface area contributed by atoms with E-state index < -0.39 is 5.82 Å². The van der Waals surface area contributed by atoms with Crippen molar-refractivity contribution >= 4 is 34.0 Å². The molecule has 0 amide bonds. The minimum Gasteiger partial charge on any atom is -0.340 e. The van der Waals surface area contributed by atoms with E-state index in [0.29, 0.717) is 17.3 Å². The lowest BCUT2D eigenvalue weighted by atomic mass is 10.1. The smallest absolute Gasteiger partial charge is 0.163 e. The summed E-state index contributed by atoms with van der Waals surface area (Å²) >= 11 is 5.95. The molecule has 2 aromatic heterocycles. The number of unbranched alkanes of at least 4 members (excludes halogenated alkanes) is 1. The zero-order valence-corrected chi connectivity index (χ0v) is 16.7. The third-order valence-corrected chi connectivity index (χ3v) is 4.97. The Bertz CT molecular complexity index is 1150. The van der Waals surface area contributed by atoms with Gasteiger partial charge in [-0.3, -0.25) is 4.98 Å². The Hall–Kier alpha value is -3.05. The van der Waals surface area contributed by atoms with Crippen LogP contribution in [0, 0.1) is 5.82 Å². The number of nitrogens with zero attached hydrogens (tertiary/aromatic N) is 3. The first-order valence-electron chi connectivity index (χ1n) is 9.57. The number of pyridine rings is 1. The van der Waals surface area contributed by atoms with E-state index in [-0.39, 0.29) is 5.02 Å². The highest BCUT2D eigenvalue weighted by Gasteiger charge is 2.12. The summed E-state index contributed by atoms with van der Waals surface area (Å²) in [6.07, 6.45) is 6.70. The summed E-state index contributed by atoms with van der Waals surface area (Å²) in [4.78, 5) is 13.6. The molecule has 0 unspecified atom stereocenters. The molecule has 0 spiro atoms. The maximum absolute atomic E-state index is 13.6. The molecule has 0 fully saturated rings. The quantitative estimate of drug-likeness (QED) is 0.393. The lowest BCUT2D eigenvalue weighted by molar-refractivity contribution is 0.628. The van der Waals surface area contributed by atoms with Crippen LogP contribution in [-0.4, -0.2) is 15.0 Å². The average Bonchev–Trinajstić information content (AvgIpc) is 2.75. The summed E-state index contributed by atoms with van der Waals surface area (Å²) < 4.78 is 13.6. The average molecular weight is 407 g/mol. The highest BCUT2D eigenvalue weighted by atomic mass is 35.5. The van der Waals surface area contributed by atoms with Crippen LogP contribution in [0.15, 0.2) is 60.9 Å². The number of benzene rings is 2. The molecule has 6 heteroatoms. The number of hydrogen-bond acceptors (Lipinski definition) is 4. The van der Waals surface area contributed by atoms with Crippen molar-refractivity contribution < 1.29 is 4.39 Å². The first kappa shape index (κ1) is 19.3. The van der Waals surface area contributed by atoms with Gasteiger partial charge in [0.15, 0.2) is 5.82 Å². The van der Waals surface area contributed by atoms with E-state index in [4.69, 9.17) is 21.6 Å². The zero-order valence-electron chi connectivity index (χ0n) is 16.0. The SMILES string of the molecule is CCCCc1ccc2nc(-c3cccnc3)nc(Nc3ccc(F)c(Cl)c3)c2c1. The first-order chi connectivity index (χ1) is 14.1. The largest absolute Gasteiger partial charge is 0.340 e. The molecule has 2 heterocycles. The molecule has 29 heavy (non-hydrogen) atoms. The van der Waals surface area contributed by atoms with Crippen LogP contribution in [0.3, 0.4) is 0 Å². The van der Waals surface area contributed by atoms with Crippen molar-refractivity contribution in [2.75, 3.05) is 5.32 Å². The normalized spacial score (nSPS) is 11.0. The molecule has 4 nitrogen and oxygen atoms in total. The number of fused-ring (bicyclic) bond motifs is 1. The van der Waals surface area contributed by atoms with Crippen LogP contribution in [-0.2, 0) is 6.42 Å². The Morgan fingerprint density at radius 3 is 2.72 bits per heavy atom. The van der Waals surface area contributed by atoms with E-state index in [1.54, 1.807) is 24.5 Å². The number of aryl methyl sites for hydroxylation is 1. The molecular formula is C23H20ClFN4. The topological polar surface area (TPSA) is 50.7 Å². The van der Waals surface area contributed by atoms with E-state index in [1.807, 2.05) is 18.2 Å². The first-order valence-corrected chi connectivity index (χ1v) is 9.95. The highest BCUT2D eigenvalue weighted by molar-refractivity contribution is 6.31. The van der Waals surface area contributed by atoms with Crippen LogP contribution >= 0.6 is 11.6 Å². The molecule has 0 atom stereocenters. The van der Waals surface area contributed by atoms with E-state index >= 15 is 0 Å². The lowest BCUT2D eigenvalue weighted by Gasteiger charge is -2.13. The van der Waals surface area contributed by atoms with Crippen molar-refractivity contribution in [2.24, 2.45) is 0 Å². The fraction of sp³-hybridized carbons (Fsp3) is 0.174. The summed E-state index contributed by atoms with van der Waals surface area (Å²) in [7, 11) is 0. The zero-order chi connectivity index (χ0) is 20.2. The predicted octanol–water partition coefficient (Wildman–Crippen LogP) is 6.57. The molecule has 0 bridgehead atoms. The van der Waals surface area contributed by atoms with Crippen molar-refractivity contribution in [3.8, 4) is 11.4 Å². The third-order valence-electron chi connectivity index (χ3n) is 4.68. The standard InChI is InChI=1S/C23H20ClFN4/c1-2-3-5-15-7-10-21-18(12-15)23(27-17-8-9-20(25)19(24)13-17)29-22(28-21)16-6-4-11-26-14-16/h4,6-14H,2-3,5H2,1H3,(H,27,28,29). The Morgan fingerprint density at radius 1 is 1.07 bits per heavy atom. The number of anilines is 2. The van der Waals surface area contributed by atoms with Crippen LogP contribution in [0.1, 0.15) is 25.3 Å². The van der Waals surface area contributed by atoms with Crippen LogP contribution < -0.4 is 5.32 Å². The third kappa shape index (κ3) is 4.35. The minimum atomic E-state index is -0.456. The molecule has 2 aromatic carbocycles. The Balaban J connectivity index is 1.83. The molecule has 0 radical (unpaired) electrons. The Kier molecular flexibility index (Phi) is 5.67. The second kappa shape index (κ2) is 8.53. The molecule has 0 saturated carbocycles. The van der Waals surface area contributed by atoms with Gasteiger partial charge in [0.1, 0.15) is 11.6 Å². The number of halogens is 2. The van der Waals surface area contributed by atoms with Crippen LogP contribution in [0.2, 0.25) is 5.02 Å². The molecule has 0 aliphatic heterocycles. The summed E-state index contributed by atoms with van der Waals surface area (Å²) in [5.41, 5.74) is 3.55. The van der Waals surface area contributed by atoms with Gasteiger partial charge in [-0.15, -0.1) is 0 Å². The van der Waals surface area contributed by atoms with Crippen LogP contribution in [0.25, 0.3) is 22.3 Å². The van der Waals surface area contributed by atoms with Gasteiger partial charge < -0.3 is 5.32 Å². The van der Waals surface area contributed by atoms with Gasteiger partial charge in [0.25, 0.3) is 0 Å². The molecule has 4 rings (SSSR count). The predicted molar refractivity (Wildman–Crippen MR) is 116 cm³/mol. The summed E-state index contributed by atoms with van der Waals surface area (Å²) in [6.45, 7) is 2.18. The number of nitrogens with one attached hydrogen (secondary N) is 1. The number of aromatic nitrogens is 3. The summed E-state index contributed by atoms with van der Waals surface area (Å²) in [5.74, 6) is 0.764. The fourth-order valence-corrected chi connectivity index (χ4v) is 3.32. The van der Waals surface area contributed by atoms with Gasteiger partial charge in [-0.1, -0.05) is 31.0 Å². The van der Waals surface area contributed by atoms with Crippen molar-refractivity contribution in [3.63, 3.8) is 0 Å². The maximum Gasteiger partial charge on any atom is 0.163 e. The van der Waals surface area contributed by atoms with Crippen LogP contribution in [0.4, 0.5) is 15.9 Å². The second-order valence-electron chi connectivity index (χ2n) is 6.85. The monoisotopic (exact) mass is 406 g/mol.